The number of nitrogens with zero attached hydrogens (tertiary/aromatic N) is 3. The third kappa shape index (κ3) is 5.40. The molecule has 11 heteroatoms. The summed E-state index contributed by atoms with van der Waals surface area (Å²) in [6, 6.07) is 9.35. The zero-order valence-corrected chi connectivity index (χ0v) is 18.3. The number of hydrogen-bond acceptors (Lipinski definition) is 7. The lowest BCUT2D eigenvalue weighted by Crippen LogP contribution is -2.26. The molecule has 162 valence electrons. The largest absolute Gasteiger partial charge is 0.383 e. The maximum atomic E-state index is 12.9. The molecule has 0 radical (unpaired) electrons. The van der Waals surface area contributed by atoms with Crippen LogP contribution in [-0.2, 0) is 16.1 Å². The molecule has 0 unspecified atom stereocenters. The Morgan fingerprint density at radius 3 is 2.81 bits per heavy atom. The number of aryl methyl sites for hydroxylation is 1. The molecule has 2 aromatic carbocycles. The van der Waals surface area contributed by atoms with Crippen LogP contribution in [0.2, 0.25) is 5.02 Å². The van der Waals surface area contributed by atoms with Crippen LogP contribution in [0, 0.1) is 17.0 Å². The predicted molar refractivity (Wildman–Crippen MR) is 120 cm³/mol. The molecule has 0 aliphatic heterocycles. The van der Waals surface area contributed by atoms with E-state index < -0.39 is 10.8 Å². The molecule has 31 heavy (non-hydrogen) atoms. The van der Waals surface area contributed by atoms with Crippen LogP contribution in [0.5, 0.6) is 0 Å². The second-order valence-corrected chi connectivity index (χ2v) is 8.00. The Hall–Kier alpha value is -2.95. The molecule has 0 bridgehead atoms. The van der Waals surface area contributed by atoms with Crippen LogP contribution < -0.4 is 10.9 Å². The minimum absolute atomic E-state index is 0.101. The number of nitro groups is 1. The number of nitrogens with one attached hydrogen (secondary N) is 1. The minimum Gasteiger partial charge on any atom is -0.383 e. The fourth-order valence-electron chi connectivity index (χ4n) is 2.88. The molecule has 0 saturated heterocycles. The normalized spacial score (nSPS) is 10.9. The lowest BCUT2D eigenvalue weighted by Gasteiger charge is -2.13. The molecule has 0 aliphatic carbocycles. The number of hydrogen-bond donors (Lipinski definition) is 1. The van der Waals surface area contributed by atoms with Gasteiger partial charge in [0.15, 0.2) is 5.16 Å². The van der Waals surface area contributed by atoms with Crippen molar-refractivity contribution in [2.24, 2.45) is 0 Å². The van der Waals surface area contributed by atoms with E-state index in [0.29, 0.717) is 26.6 Å². The van der Waals surface area contributed by atoms with Gasteiger partial charge in [-0.1, -0.05) is 29.4 Å². The van der Waals surface area contributed by atoms with Gasteiger partial charge in [-0.25, -0.2) is 4.98 Å². The van der Waals surface area contributed by atoms with Gasteiger partial charge in [-0.3, -0.25) is 24.3 Å². The first kappa shape index (κ1) is 22.7. The molecule has 0 fully saturated rings. The van der Waals surface area contributed by atoms with Crippen molar-refractivity contribution >= 4 is 51.5 Å². The topological polar surface area (TPSA) is 116 Å². The van der Waals surface area contributed by atoms with E-state index >= 15 is 0 Å². The Bertz CT molecular complexity index is 1210. The van der Waals surface area contributed by atoms with Crippen molar-refractivity contribution in [1.82, 2.24) is 9.55 Å². The summed E-state index contributed by atoms with van der Waals surface area (Å²) in [5.74, 6) is -0.563. The molecule has 0 aliphatic rings. The van der Waals surface area contributed by atoms with Crippen LogP contribution in [0.1, 0.15) is 5.56 Å². The third-order valence-corrected chi connectivity index (χ3v) is 5.57. The summed E-state index contributed by atoms with van der Waals surface area (Å²) in [5.41, 5.74) is 0.782. The standard InChI is InChI=1S/C20H19ClN4O5S/c1-12-3-6-15(17(9-12)25(28)29)22-18(26)11-31-20-23-16-10-13(21)4-5-14(16)19(27)24(20)7-8-30-2/h3-6,9-10H,7-8,11H2,1-2H3,(H,22,26). The van der Waals surface area contributed by atoms with E-state index in [2.05, 4.69) is 10.3 Å². The number of aromatic nitrogens is 2. The average Bonchev–Trinajstić information content (AvgIpc) is 2.72. The van der Waals surface area contributed by atoms with E-state index in [0.717, 1.165) is 11.8 Å². The Balaban J connectivity index is 1.85. The average molecular weight is 463 g/mol. The maximum absolute atomic E-state index is 12.9. The number of amides is 1. The fourth-order valence-corrected chi connectivity index (χ4v) is 3.87. The van der Waals surface area contributed by atoms with Crippen LogP contribution >= 0.6 is 23.4 Å². The number of halogens is 1. The number of ether oxygens (including phenoxy) is 1. The summed E-state index contributed by atoms with van der Waals surface area (Å²) in [6.07, 6.45) is 0. The highest BCUT2D eigenvalue weighted by Gasteiger charge is 2.18. The molecular weight excluding hydrogens is 444 g/mol. The number of rotatable bonds is 8. The van der Waals surface area contributed by atoms with E-state index in [1.807, 2.05) is 0 Å². The highest BCUT2D eigenvalue weighted by Crippen LogP contribution is 2.26. The summed E-state index contributed by atoms with van der Waals surface area (Å²) >= 11 is 7.07. The van der Waals surface area contributed by atoms with Gasteiger partial charge in [0, 0.05) is 18.2 Å². The third-order valence-electron chi connectivity index (χ3n) is 4.36. The number of fused-ring (bicyclic) bond motifs is 1. The van der Waals surface area contributed by atoms with Gasteiger partial charge in [-0.05, 0) is 36.8 Å². The quantitative estimate of drug-likeness (QED) is 0.235. The highest BCUT2D eigenvalue weighted by atomic mass is 35.5. The molecule has 3 aromatic rings. The molecule has 1 N–H and O–H groups in total. The number of carbonyl (C=O) groups excluding carboxylic acids is 1. The monoisotopic (exact) mass is 462 g/mol. The van der Waals surface area contributed by atoms with Gasteiger partial charge >= 0.3 is 0 Å². The fraction of sp³-hybridized carbons (Fsp3) is 0.250. The van der Waals surface area contributed by atoms with Crippen LogP contribution in [-0.4, -0.2) is 39.9 Å². The van der Waals surface area contributed by atoms with Crippen molar-refractivity contribution in [1.29, 1.82) is 0 Å². The Morgan fingerprint density at radius 1 is 1.32 bits per heavy atom. The number of carbonyl (C=O) groups is 1. The molecular formula is C20H19ClN4O5S. The molecule has 9 nitrogen and oxygen atoms in total. The number of benzene rings is 2. The van der Waals surface area contributed by atoms with Crippen LogP contribution in [0.25, 0.3) is 10.9 Å². The van der Waals surface area contributed by atoms with Crippen LogP contribution in [0.4, 0.5) is 11.4 Å². The highest BCUT2D eigenvalue weighted by molar-refractivity contribution is 7.99. The van der Waals surface area contributed by atoms with Crippen molar-refractivity contribution in [2.45, 2.75) is 18.6 Å². The predicted octanol–water partition coefficient (Wildman–Crippen LogP) is 3.64. The van der Waals surface area contributed by atoms with E-state index in [-0.39, 0.29) is 35.8 Å². The molecule has 0 saturated carbocycles. The van der Waals surface area contributed by atoms with Gasteiger partial charge in [0.2, 0.25) is 5.91 Å². The molecule has 1 heterocycles. The molecule has 1 aromatic heterocycles. The summed E-state index contributed by atoms with van der Waals surface area (Å²) < 4.78 is 6.51. The maximum Gasteiger partial charge on any atom is 0.293 e. The number of methoxy groups -OCH3 is 1. The van der Waals surface area contributed by atoms with E-state index in [1.165, 1.54) is 23.8 Å². The molecule has 3 rings (SSSR count). The first-order valence-corrected chi connectivity index (χ1v) is 10.5. The first-order chi connectivity index (χ1) is 14.8. The SMILES string of the molecule is COCCn1c(SCC(=O)Nc2ccc(C)cc2[N+](=O)[O-])nc2cc(Cl)ccc2c1=O. The van der Waals surface area contributed by atoms with Crippen LogP contribution in [0.15, 0.2) is 46.3 Å². The lowest BCUT2D eigenvalue weighted by molar-refractivity contribution is -0.384. The van der Waals surface area contributed by atoms with Crippen LogP contribution in [0.3, 0.4) is 0 Å². The second kappa shape index (κ2) is 9.90. The van der Waals surface area contributed by atoms with E-state index in [1.54, 1.807) is 31.2 Å². The minimum atomic E-state index is -0.549. The van der Waals surface area contributed by atoms with Gasteiger partial charge < -0.3 is 10.1 Å². The van der Waals surface area contributed by atoms with Crippen molar-refractivity contribution in [3.05, 3.63) is 67.5 Å². The summed E-state index contributed by atoms with van der Waals surface area (Å²) in [4.78, 5) is 40.5. The number of anilines is 1. The molecule has 1 amide bonds. The molecule has 0 spiro atoms. The van der Waals surface area contributed by atoms with Gasteiger partial charge in [0.25, 0.3) is 11.2 Å². The van der Waals surface area contributed by atoms with Gasteiger partial charge in [-0.2, -0.15) is 0 Å². The van der Waals surface area contributed by atoms with Gasteiger partial charge in [0.1, 0.15) is 5.69 Å². The summed E-state index contributed by atoms with van der Waals surface area (Å²) in [5, 5.41) is 15.0. The first-order valence-electron chi connectivity index (χ1n) is 9.17. The zero-order valence-electron chi connectivity index (χ0n) is 16.8. The Kier molecular flexibility index (Phi) is 7.26. The summed E-state index contributed by atoms with van der Waals surface area (Å²) in [7, 11) is 1.52. The zero-order chi connectivity index (χ0) is 22.5. The number of nitro benzene ring substituents is 1. The van der Waals surface area contributed by atoms with E-state index in [4.69, 9.17) is 16.3 Å². The van der Waals surface area contributed by atoms with Gasteiger partial charge in [0.05, 0.1) is 34.7 Å². The number of thioether (sulfide) groups is 1. The molecule has 0 atom stereocenters. The van der Waals surface area contributed by atoms with E-state index in [9.17, 15) is 19.7 Å². The van der Waals surface area contributed by atoms with Crippen molar-refractivity contribution in [3.8, 4) is 0 Å². The lowest BCUT2D eigenvalue weighted by atomic mass is 10.2. The van der Waals surface area contributed by atoms with Crippen molar-refractivity contribution in [3.63, 3.8) is 0 Å². The van der Waals surface area contributed by atoms with Crippen molar-refractivity contribution < 1.29 is 14.5 Å². The smallest absolute Gasteiger partial charge is 0.293 e. The Labute approximate surface area is 186 Å². The summed E-state index contributed by atoms with van der Waals surface area (Å²) in [6.45, 7) is 2.27. The second-order valence-electron chi connectivity index (χ2n) is 6.62. The van der Waals surface area contributed by atoms with Gasteiger partial charge in [-0.15, -0.1) is 0 Å². The Morgan fingerprint density at radius 2 is 2.10 bits per heavy atom. The van der Waals surface area contributed by atoms with Crippen molar-refractivity contribution in [2.75, 3.05) is 24.8 Å².